The average Bonchev–Trinajstić information content (AvgIpc) is 2.83. The molecule has 0 aliphatic heterocycles. The highest BCUT2D eigenvalue weighted by Gasteiger charge is 2.08. The molecule has 0 aliphatic carbocycles. The maximum absolute atomic E-state index is 9.71. The Bertz CT molecular complexity index is 916. The molecule has 0 aromatic carbocycles. The number of guanidine groups is 2. The van der Waals surface area contributed by atoms with Crippen molar-refractivity contribution in [3.63, 3.8) is 0 Å². The van der Waals surface area contributed by atoms with Crippen LogP contribution >= 0.6 is 23.5 Å². The van der Waals surface area contributed by atoms with Crippen molar-refractivity contribution < 1.29 is 9.84 Å². The van der Waals surface area contributed by atoms with Crippen LogP contribution < -0.4 is 21.5 Å². The van der Waals surface area contributed by atoms with Crippen molar-refractivity contribution in [1.82, 2.24) is 20.2 Å². The van der Waals surface area contributed by atoms with E-state index in [4.69, 9.17) is 21.6 Å². The van der Waals surface area contributed by atoms with E-state index in [1.807, 2.05) is 17.0 Å². The van der Waals surface area contributed by atoms with Crippen LogP contribution in [-0.2, 0) is 11.5 Å². The maximum atomic E-state index is 9.71. The van der Waals surface area contributed by atoms with Crippen LogP contribution in [0.2, 0.25) is 0 Å². The molecular formula is C22H34N8O2S2. The summed E-state index contributed by atoms with van der Waals surface area (Å²) in [6.45, 7) is 2.54. The molecule has 0 aliphatic rings. The second-order valence-corrected chi connectivity index (χ2v) is 9.36. The Labute approximate surface area is 209 Å². The summed E-state index contributed by atoms with van der Waals surface area (Å²) < 4.78 is 5.32. The van der Waals surface area contributed by atoms with Gasteiger partial charge in [0.05, 0.1) is 18.5 Å². The van der Waals surface area contributed by atoms with Gasteiger partial charge in [0.15, 0.2) is 11.9 Å². The zero-order chi connectivity index (χ0) is 24.6. The summed E-state index contributed by atoms with van der Waals surface area (Å²) in [4.78, 5) is 14.7. The molecule has 7 N–H and O–H groups in total. The molecule has 10 nitrogen and oxygen atoms in total. The SMILES string of the molecule is COc1cccnc1CSCCN(CCCN=C(N)NCCSCc1ncccc1O)C(=N)N. The van der Waals surface area contributed by atoms with E-state index in [2.05, 4.69) is 20.3 Å². The molecule has 2 heterocycles. The summed E-state index contributed by atoms with van der Waals surface area (Å²) in [7, 11) is 1.64. The van der Waals surface area contributed by atoms with Crippen molar-refractivity contribution in [2.75, 3.05) is 44.8 Å². The Morgan fingerprint density at radius 1 is 1.12 bits per heavy atom. The third-order valence-corrected chi connectivity index (χ3v) is 6.60. The lowest BCUT2D eigenvalue weighted by atomic mass is 10.3. The third-order valence-electron chi connectivity index (χ3n) is 4.68. The minimum atomic E-state index is 0.0575. The number of ether oxygens (including phenoxy) is 1. The van der Waals surface area contributed by atoms with Crippen molar-refractivity contribution >= 4 is 35.4 Å². The minimum absolute atomic E-state index is 0.0575. The number of methoxy groups -OCH3 is 1. The average molecular weight is 507 g/mol. The van der Waals surface area contributed by atoms with Crippen molar-refractivity contribution in [2.24, 2.45) is 16.5 Å². The predicted octanol–water partition coefficient (Wildman–Crippen LogP) is 1.85. The lowest BCUT2D eigenvalue weighted by molar-refractivity contribution is 0.408. The first-order chi connectivity index (χ1) is 16.5. The topological polar surface area (TPSA) is 159 Å². The van der Waals surface area contributed by atoms with Crippen molar-refractivity contribution in [3.05, 3.63) is 48.0 Å². The van der Waals surface area contributed by atoms with Gasteiger partial charge in [-0.15, -0.1) is 0 Å². The van der Waals surface area contributed by atoms with Crippen molar-refractivity contribution in [3.8, 4) is 11.5 Å². The van der Waals surface area contributed by atoms with Crippen LogP contribution in [0.4, 0.5) is 0 Å². The second-order valence-electron chi connectivity index (χ2n) is 7.15. The standard InChI is InChI=1S/C22H34N8O2S2/c1-32-20-6-3-8-27-18(20)16-34-14-12-30(21(23)24)11-4-9-28-22(25)29-10-13-33-15-17-19(31)5-2-7-26-17/h2-3,5-8,31H,4,9-16H2,1H3,(H3,23,24)(H3,25,28,29). The Balaban J connectivity index is 1.58. The first kappa shape index (κ1) is 27.4. The van der Waals surface area contributed by atoms with E-state index in [0.717, 1.165) is 35.1 Å². The number of aliphatic imine (C=N–C) groups is 1. The number of thioether (sulfide) groups is 2. The highest BCUT2D eigenvalue weighted by Crippen LogP contribution is 2.20. The van der Waals surface area contributed by atoms with Crippen LogP contribution in [0.15, 0.2) is 41.7 Å². The van der Waals surface area contributed by atoms with E-state index in [-0.39, 0.29) is 11.7 Å². The molecule has 0 spiro atoms. The Morgan fingerprint density at radius 3 is 2.56 bits per heavy atom. The van der Waals surface area contributed by atoms with E-state index in [0.29, 0.717) is 43.6 Å². The molecule has 2 aromatic rings. The Morgan fingerprint density at radius 2 is 1.82 bits per heavy atom. The molecular weight excluding hydrogens is 472 g/mol. The molecule has 0 saturated heterocycles. The fraction of sp³-hybridized carbons (Fsp3) is 0.455. The predicted molar refractivity (Wildman–Crippen MR) is 142 cm³/mol. The van der Waals surface area contributed by atoms with Crippen molar-refractivity contribution in [1.29, 1.82) is 5.41 Å². The molecule has 12 heteroatoms. The summed E-state index contributed by atoms with van der Waals surface area (Å²) in [6, 6.07) is 7.10. The summed E-state index contributed by atoms with van der Waals surface area (Å²) in [5, 5.41) is 20.6. The molecule has 0 unspecified atom stereocenters. The normalized spacial score (nSPS) is 11.3. The quantitative estimate of drug-likeness (QED) is 0.137. The molecule has 34 heavy (non-hydrogen) atoms. The van der Waals surface area contributed by atoms with Crippen LogP contribution in [0.1, 0.15) is 17.8 Å². The maximum Gasteiger partial charge on any atom is 0.188 e. The van der Waals surface area contributed by atoms with Gasteiger partial charge in [-0.05, 0) is 30.7 Å². The van der Waals surface area contributed by atoms with E-state index in [1.165, 1.54) is 0 Å². The highest BCUT2D eigenvalue weighted by molar-refractivity contribution is 7.98. The Kier molecular flexibility index (Phi) is 12.8. The van der Waals surface area contributed by atoms with Gasteiger partial charge in [0, 0.05) is 61.6 Å². The molecule has 0 bridgehead atoms. The molecule has 0 saturated carbocycles. The lowest BCUT2D eigenvalue weighted by Gasteiger charge is -2.22. The van der Waals surface area contributed by atoms with E-state index in [9.17, 15) is 5.11 Å². The first-order valence-electron chi connectivity index (χ1n) is 10.9. The summed E-state index contributed by atoms with van der Waals surface area (Å²) >= 11 is 3.38. The summed E-state index contributed by atoms with van der Waals surface area (Å²) in [5.41, 5.74) is 13.2. The van der Waals surface area contributed by atoms with Crippen molar-refractivity contribution in [2.45, 2.75) is 17.9 Å². The number of nitrogens with one attached hydrogen (secondary N) is 2. The van der Waals surface area contributed by atoms with Gasteiger partial charge >= 0.3 is 0 Å². The van der Waals surface area contributed by atoms with Crippen LogP contribution in [0.25, 0.3) is 0 Å². The zero-order valence-corrected chi connectivity index (χ0v) is 21.1. The van der Waals surface area contributed by atoms with Gasteiger partial charge in [0.25, 0.3) is 0 Å². The number of pyridine rings is 2. The van der Waals surface area contributed by atoms with Crippen LogP contribution in [-0.4, -0.2) is 76.7 Å². The van der Waals surface area contributed by atoms with Crippen LogP contribution in [0.3, 0.4) is 0 Å². The zero-order valence-electron chi connectivity index (χ0n) is 19.4. The summed E-state index contributed by atoms with van der Waals surface area (Å²) in [5.74, 6) is 4.47. The van der Waals surface area contributed by atoms with Gasteiger partial charge < -0.3 is 31.5 Å². The number of aromatic nitrogens is 2. The monoisotopic (exact) mass is 506 g/mol. The van der Waals surface area contributed by atoms with Gasteiger partial charge in [0.2, 0.25) is 0 Å². The van der Waals surface area contributed by atoms with Gasteiger partial charge in [0.1, 0.15) is 11.5 Å². The van der Waals surface area contributed by atoms with Crippen LogP contribution in [0.5, 0.6) is 11.5 Å². The minimum Gasteiger partial charge on any atom is -0.506 e. The van der Waals surface area contributed by atoms with Gasteiger partial charge in [-0.25, -0.2) is 0 Å². The van der Waals surface area contributed by atoms with E-state index in [1.54, 1.807) is 55.2 Å². The van der Waals surface area contributed by atoms with Gasteiger partial charge in [-0.2, -0.15) is 23.5 Å². The summed E-state index contributed by atoms with van der Waals surface area (Å²) in [6.07, 6.45) is 4.17. The highest BCUT2D eigenvalue weighted by atomic mass is 32.2. The second kappa shape index (κ2) is 15.9. The van der Waals surface area contributed by atoms with Gasteiger partial charge in [-0.1, -0.05) is 0 Å². The molecule has 0 fully saturated rings. The van der Waals surface area contributed by atoms with Gasteiger partial charge in [-0.3, -0.25) is 20.4 Å². The molecule has 0 atom stereocenters. The smallest absolute Gasteiger partial charge is 0.188 e. The van der Waals surface area contributed by atoms with E-state index < -0.39 is 0 Å². The lowest BCUT2D eigenvalue weighted by Crippen LogP contribution is -2.39. The number of hydrogen-bond acceptors (Lipinski definition) is 8. The van der Waals surface area contributed by atoms with Crippen LogP contribution in [0, 0.1) is 5.41 Å². The molecule has 0 radical (unpaired) electrons. The fourth-order valence-electron chi connectivity index (χ4n) is 2.89. The first-order valence-corrected chi connectivity index (χ1v) is 13.2. The molecule has 0 amide bonds. The Hall–Kier alpha value is -2.86. The third kappa shape index (κ3) is 10.4. The number of rotatable bonds is 15. The number of hydrogen-bond donors (Lipinski definition) is 5. The number of nitrogens with zero attached hydrogens (tertiary/aromatic N) is 4. The molecule has 186 valence electrons. The number of aromatic hydroxyl groups is 1. The fourth-order valence-corrected chi connectivity index (χ4v) is 4.60. The van der Waals surface area contributed by atoms with E-state index >= 15 is 0 Å². The number of nitrogens with two attached hydrogens (primary N) is 2. The molecule has 2 rings (SSSR count). The molecule has 2 aromatic heterocycles. The largest absolute Gasteiger partial charge is 0.506 e.